The van der Waals surface area contributed by atoms with Crippen molar-refractivity contribution in [3.05, 3.63) is 76.8 Å². The molecule has 0 aliphatic heterocycles. The van der Waals surface area contributed by atoms with Gasteiger partial charge in [-0.1, -0.05) is 74.9 Å². The smallest absolute Gasteiger partial charge is 0.338 e. The maximum atomic E-state index is 14.4. The van der Waals surface area contributed by atoms with E-state index in [1.54, 1.807) is 6.07 Å². The van der Waals surface area contributed by atoms with E-state index in [1.807, 2.05) is 12.1 Å². The summed E-state index contributed by atoms with van der Waals surface area (Å²) in [5, 5.41) is 4.07. The van der Waals surface area contributed by atoms with Crippen molar-refractivity contribution in [1.29, 1.82) is 0 Å². The second kappa shape index (κ2) is 9.62. The molecule has 4 nitrogen and oxygen atoms in total. The molecule has 2 aromatic carbocycles. The van der Waals surface area contributed by atoms with E-state index in [0.717, 1.165) is 18.4 Å². The molecule has 170 valence electrons. The highest BCUT2D eigenvalue weighted by Crippen LogP contribution is 2.26. The molecule has 0 saturated heterocycles. The maximum Gasteiger partial charge on any atom is 0.338 e. The molecular weight excluding hydrogens is 417 g/mol. The Morgan fingerprint density at radius 2 is 1.85 bits per heavy atom. The zero-order valence-corrected chi connectivity index (χ0v) is 19.3. The lowest BCUT2D eigenvalue weighted by Crippen LogP contribution is -2.10. The van der Waals surface area contributed by atoms with Crippen LogP contribution < -0.4 is 0 Å². The number of esters is 1. The van der Waals surface area contributed by atoms with Gasteiger partial charge in [-0.25, -0.2) is 9.18 Å². The topological polar surface area (TPSA) is 52.3 Å². The van der Waals surface area contributed by atoms with E-state index in [-0.39, 0.29) is 17.6 Å². The first-order valence-electron chi connectivity index (χ1n) is 11.3. The summed E-state index contributed by atoms with van der Waals surface area (Å²) in [5.41, 5.74) is 3.32. The Morgan fingerprint density at radius 3 is 2.52 bits per heavy atom. The number of halogens is 1. The van der Waals surface area contributed by atoms with Gasteiger partial charge in [-0.15, -0.1) is 0 Å². The molecule has 0 N–H and O–H groups in total. The average molecular weight is 446 g/mol. The van der Waals surface area contributed by atoms with E-state index in [0.29, 0.717) is 22.9 Å². The van der Waals surface area contributed by atoms with Crippen molar-refractivity contribution < 1.29 is 18.4 Å². The predicted molar refractivity (Wildman–Crippen MR) is 125 cm³/mol. The Morgan fingerprint density at radius 1 is 1.12 bits per heavy atom. The van der Waals surface area contributed by atoms with Gasteiger partial charge in [0, 0.05) is 17.5 Å². The summed E-state index contributed by atoms with van der Waals surface area (Å²) in [6, 6.07) is 14.1. The number of hydrogen-bond acceptors (Lipinski definition) is 4. The Hall–Kier alpha value is -3.39. The summed E-state index contributed by atoms with van der Waals surface area (Å²) in [6.45, 7) is 6.40. The number of nitrogens with zero attached hydrogens (tertiary/aromatic N) is 1. The molecule has 5 heteroatoms. The van der Waals surface area contributed by atoms with E-state index in [9.17, 15) is 9.18 Å². The fourth-order valence-electron chi connectivity index (χ4n) is 3.87. The van der Waals surface area contributed by atoms with Crippen molar-refractivity contribution in [2.45, 2.75) is 58.5 Å². The Labute approximate surface area is 194 Å². The lowest BCUT2D eigenvalue weighted by atomic mass is 9.86. The number of carbonyl (C=O) groups excluding carboxylic acids is 1. The molecule has 0 amide bonds. The van der Waals surface area contributed by atoms with Crippen molar-refractivity contribution in [3.8, 4) is 23.1 Å². The summed E-state index contributed by atoms with van der Waals surface area (Å²) >= 11 is 0. The largest absolute Gasteiger partial charge is 0.454 e. The van der Waals surface area contributed by atoms with Gasteiger partial charge in [0.1, 0.15) is 11.5 Å². The van der Waals surface area contributed by atoms with Crippen molar-refractivity contribution >= 4 is 5.97 Å². The van der Waals surface area contributed by atoms with Gasteiger partial charge in [0.05, 0.1) is 11.1 Å². The maximum absolute atomic E-state index is 14.4. The van der Waals surface area contributed by atoms with Crippen LogP contribution in [0.3, 0.4) is 0 Å². The van der Waals surface area contributed by atoms with Crippen LogP contribution in [-0.4, -0.2) is 11.1 Å². The number of aromatic nitrogens is 1. The Bertz CT molecular complexity index is 1190. The summed E-state index contributed by atoms with van der Waals surface area (Å²) in [7, 11) is 0. The first-order valence-corrected chi connectivity index (χ1v) is 11.3. The molecule has 1 aliphatic rings. The molecule has 0 spiro atoms. The highest BCUT2D eigenvalue weighted by atomic mass is 19.1. The molecular formula is C28H28FNO3. The fraction of sp³-hybridized carbons (Fsp3) is 0.357. The third kappa shape index (κ3) is 5.70. The molecule has 1 heterocycles. The number of ether oxygens (including phenoxy) is 1. The standard InChI is InChI=1S/C28H28FNO3/c1-28(2,3)23-14-12-21(13-15-23)26-17-24(33-30-26)18-32-27(31)22-11-10-20(25(29)16-22)9-8-19-6-4-5-7-19/h10-17,19H,4-7,18H2,1-3H3. The molecule has 1 saturated carbocycles. The second-order valence-electron chi connectivity index (χ2n) is 9.53. The number of hydrogen-bond donors (Lipinski definition) is 0. The van der Waals surface area contributed by atoms with Gasteiger partial charge in [-0.05, 0) is 42.0 Å². The second-order valence-corrected chi connectivity index (χ2v) is 9.53. The van der Waals surface area contributed by atoms with Crippen LogP contribution in [-0.2, 0) is 16.8 Å². The molecule has 3 aromatic rings. The average Bonchev–Trinajstić information content (AvgIpc) is 3.48. The lowest BCUT2D eigenvalue weighted by Gasteiger charge is -2.18. The molecule has 0 unspecified atom stereocenters. The number of rotatable bonds is 4. The Kier molecular flexibility index (Phi) is 6.65. The van der Waals surface area contributed by atoms with Gasteiger partial charge in [0.25, 0.3) is 0 Å². The monoisotopic (exact) mass is 445 g/mol. The molecule has 0 atom stereocenters. The fourth-order valence-corrected chi connectivity index (χ4v) is 3.87. The van der Waals surface area contributed by atoms with Gasteiger partial charge < -0.3 is 9.26 Å². The first-order chi connectivity index (χ1) is 15.8. The molecule has 0 radical (unpaired) electrons. The van der Waals surface area contributed by atoms with E-state index < -0.39 is 11.8 Å². The zero-order valence-electron chi connectivity index (χ0n) is 19.3. The third-order valence-electron chi connectivity index (χ3n) is 5.92. The van der Waals surface area contributed by atoms with Crippen molar-refractivity contribution in [2.24, 2.45) is 5.92 Å². The highest BCUT2D eigenvalue weighted by molar-refractivity contribution is 5.89. The lowest BCUT2D eigenvalue weighted by molar-refractivity contribution is 0.0437. The summed E-state index contributed by atoms with van der Waals surface area (Å²) in [6.07, 6.45) is 4.51. The van der Waals surface area contributed by atoms with Gasteiger partial charge in [0.2, 0.25) is 0 Å². The normalized spacial score (nSPS) is 14.1. The van der Waals surface area contributed by atoms with Gasteiger partial charge >= 0.3 is 5.97 Å². The quantitative estimate of drug-likeness (QED) is 0.332. The van der Waals surface area contributed by atoms with E-state index >= 15 is 0 Å². The minimum atomic E-state index is -0.628. The van der Waals surface area contributed by atoms with Gasteiger partial charge in [-0.3, -0.25) is 0 Å². The van der Waals surface area contributed by atoms with Crippen LogP contribution in [0.15, 0.2) is 53.1 Å². The summed E-state index contributed by atoms with van der Waals surface area (Å²) in [5.74, 6) is 5.66. The minimum absolute atomic E-state index is 0.0714. The van der Waals surface area contributed by atoms with Crippen LogP contribution in [0, 0.1) is 23.6 Å². The van der Waals surface area contributed by atoms with Gasteiger partial charge in [0.15, 0.2) is 12.4 Å². The van der Waals surface area contributed by atoms with Crippen molar-refractivity contribution in [2.75, 3.05) is 0 Å². The third-order valence-corrected chi connectivity index (χ3v) is 5.92. The van der Waals surface area contributed by atoms with Crippen LogP contribution in [0.2, 0.25) is 0 Å². The molecule has 1 fully saturated rings. The number of benzene rings is 2. The van der Waals surface area contributed by atoms with Crippen LogP contribution in [0.5, 0.6) is 0 Å². The highest BCUT2D eigenvalue weighted by Gasteiger charge is 2.16. The van der Waals surface area contributed by atoms with E-state index in [2.05, 4.69) is 49.9 Å². The van der Waals surface area contributed by atoms with Crippen LogP contribution in [0.4, 0.5) is 4.39 Å². The van der Waals surface area contributed by atoms with E-state index in [1.165, 1.54) is 36.6 Å². The van der Waals surface area contributed by atoms with Crippen molar-refractivity contribution in [3.63, 3.8) is 0 Å². The SMILES string of the molecule is CC(C)(C)c1ccc(-c2cc(COC(=O)c3ccc(C#CC4CCCC4)c(F)c3)on2)cc1. The molecule has 0 bridgehead atoms. The molecule has 1 aliphatic carbocycles. The molecule has 33 heavy (non-hydrogen) atoms. The molecule has 1 aromatic heterocycles. The van der Waals surface area contributed by atoms with Crippen molar-refractivity contribution in [1.82, 2.24) is 5.16 Å². The van der Waals surface area contributed by atoms with Crippen LogP contribution in [0.25, 0.3) is 11.3 Å². The van der Waals surface area contributed by atoms with E-state index in [4.69, 9.17) is 9.26 Å². The van der Waals surface area contributed by atoms with Crippen LogP contribution >= 0.6 is 0 Å². The minimum Gasteiger partial charge on any atom is -0.454 e. The van der Waals surface area contributed by atoms with Crippen LogP contribution in [0.1, 0.15) is 73.7 Å². The first kappa shape index (κ1) is 22.8. The number of carbonyl (C=O) groups is 1. The summed E-state index contributed by atoms with van der Waals surface area (Å²) in [4.78, 5) is 12.4. The predicted octanol–water partition coefficient (Wildman–Crippen LogP) is 6.68. The summed E-state index contributed by atoms with van der Waals surface area (Å²) < 4.78 is 25.0. The van der Waals surface area contributed by atoms with Gasteiger partial charge in [-0.2, -0.15) is 0 Å². The Balaban J connectivity index is 1.36. The molecule has 4 rings (SSSR count). The zero-order chi connectivity index (χ0) is 23.4.